The fourth-order valence-corrected chi connectivity index (χ4v) is 3.21. The summed E-state index contributed by atoms with van der Waals surface area (Å²) >= 11 is 0. The van der Waals surface area contributed by atoms with E-state index in [2.05, 4.69) is 10.3 Å². The number of pyridine rings is 1. The molecule has 130 valence electrons. The number of hydrogen-bond acceptors (Lipinski definition) is 3. The highest BCUT2D eigenvalue weighted by molar-refractivity contribution is 6.04. The smallest absolute Gasteiger partial charge is 0.274 e. The van der Waals surface area contributed by atoms with Crippen molar-refractivity contribution >= 4 is 17.5 Å². The lowest BCUT2D eigenvalue weighted by Crippen LogP contribution is -2.35. The zero-order valence-corrected chi connectivity index (χ0v) is 14.7. The summed E-state index contributed by atoms with van der Waals surface area (Å²) in [5.74, 6) is -0.333. The van der Waals surface area contributed by atoms with Gasteiger partial charge in [-0.05, 0) is 68.5 Å². The van der Waals surface area contributed by atoms with Crippen LogP contribution in [-0.4, -0.2) is 34.8 Å². The molecule has 1 aliphatic rings. The molecule has 25 heavy (non-hydrogen) atoms. The van der Waals surface area contributed by atoms with Gasteiger partial charge in [0.15, 0.2) is 0 Å². The molecule has 0 bridgehead atoms. The van der Waals surface area contributed by atoms with E-state index in [0.29, 0.717) is 5.56 Å². The molecule has 2 aromatic rings. The first-order valence-electron chi connectivity index (χ1n) is 8.68. The third-order valence-electron chi connectivity index (χ3n) is 4.36. The molecule has 1 N–H and O–H groups in total. The number of carbonyl (C=O) groups excluding carboxylic acids is 2. The van der Waals surface area contributed by atoms with Crippen molar-refractivity contribution in [3.05, 3.63) is 58.9 Å². The summed E-state index contributed by atoms with van der Waals surface area (Å²) in [7, 11) is 0. The second-order valence-electron chi connectivity index (χ2n) is 6.61. The number of aryl methyl sites for hydroxylation is 2. The number of anilines is 1. The van der Waals surface area contributed by atoms with Crippen LogP contribution in [0.5, 0.6) is 0 Å². The molecule has 1 aliphatic heterocycles. The molecule has 0 saturated carbocycles. The Morgan fingerprint density at radius 1 is 1.00 bits per heavy atom. The van der Waals surface area contributed by atoms with Gasteiger partial charge in [0.2, 0.25) is 0 Å². The Morgan fingerprint density at radius 2 is 1.68 bits per heavy atom. The van der Waals surface area contributed by atoms with Crippen LogP contribution in [0.1, 0.15) is 51.2 Å². The van der Waals surface area contributed by atoms with Crippen molar-refractivity contribution in [1.29, 1.82) is 0 Å². The van der Waals surface area contributed by atoms with Crippen LogP contribution >= 0.6 is 0 Å². The van der Waals surface area contributed by atoms with Gasteiger partial charge < -0.3 is 10.2 Å². The Balaban J connectivity index is 1.76. The highest BCUT2D eigenvalue weighted by atomic mass is 16.2. The van der Waals surface area contributed by atoms with Crippen molar-refractivity contribution in [1.82, 2.24) is 9.88 Å². The Labute approximate surface area is 148 Å². The third-order valence-corrected chi connectivity index (χ3v) is 4.36. The predicted molar refractivity (Wildman–Crippen MR) is 97.9 cm³/mol. The normalized spacial score (nSPS) is 14.2. The van der Waals surface area contributed by atoms with Crippen molar-refractivity contribution < 1.29 is 9.59 Å². The van der Waals surface area contributed by atoms with Crippen LogP contribution in [0, 0.1) is 13.8 Å². The van der Waals surface area contributed by atoms with Gasteiger partial charge in [0.25, 0.3) is 11.8 Å². The molecular formula is C20H23N3O2. The third kappa shape index (κ3) is 4.24. The second-order valence-corrected chi connectivity index (χ2v) is 6.61. The number of amides is 2. The first-order valence-corrected chi connectivity index (χ1v) is 8.68. The lowest BCUT2D eigenvalue weighted by Gasteiger charge is -2.26. The Hall–Kier alpha value is -2.69. The number of rotatable bonds is 3. The van der Waals surface area contributed by atoms with Crippen LogP contribution < -0.4 is 5.32 Å². The predicted octanol–water partition coefficient (Wildman–Crippen LogP) is 3.58. The van der Waals surface area contributed by atoms with E-state index in [9.17, 15) is 9.59 Å². The Morgan fingerprint density at radius 3 is 2.36 bits per heavy atom. The molecular weight excluding hydrogens is 314 g/mol. The topological polar surface area (TPSA) is 62.3 Å². The molecule has 0 unspecified atom stereocenters. The fraction of sp³-hybridized carbons (Fsp3) is 0.350. The molecule has 0 radical (unpaired) electrons. The van der Waals surface area contributed by atoms with Crippen molar-refractivity contribution in [3.8, 4) is 0 Å². The number of piperidine rings is 1. The number of nitrogens with one attached hydrogen (secondary N) is 1. The van der Waals surface area contributed by atoms with Crippen molar-refractivity contribution in [2.45, 2.75) is 33.1 Å². The summed E-state index contributed by atoms with van der Waals surface area (Å²) in [6.45, 7) is 5.54. The molecule has 5 nitrogen and oxygen atoms in total. The molecule has 0 spiro atoms. The van der Waals surface area contributed by atoms with E-state index in [1.165, 1.54) is 12.6 Å². The number of carbonyl (C=O) groups is 2. The van der Waals surface area contributed by atoms with Crippen molar-refractivity contribution in [2.24, 2.45) is 0 Å². The Bertz CT molecular complexity index is 775. The summed E-state index contributed by atoms with van der Waals surface area (Å²) in [5.41, 5.74) is 3.66. The van der Waals surface area contributed by atoms with E-state index in [0.717, 1.165) is 42.7 Å². The van der Waals surface area contributed by atoms with Gasteiger partial charge in [-0.15, -0.1) is 0 Å². The standard InChI is InChI=1S/C20H23N3O2/c1-14-10-15(2)12-17(11-14)22-19(24)18-13-16(6-7-21-18)20(25)23-8-4-3-5-9-23/h6-7,10-13H,3-5,8-9H2,1-2H3,(H,22,24). The first kappa shape index (κ1) is 17.1. The number of likely N-dealkylation sites (tertiary alicyclic amines) is 1. The summed E-state index contributed by atoms with van der Waals surface area (Å²) in [6.07, 6.45) is 4.77. The molecule has 0 atom stereocenters. The van der Waals surface area contributed by atoms with Crippen LogP contribution in [0.2, 0.25) is 0 Å². The zero-order chi connectivity index (χ0) is 17.8. The van der Waals surface area contributed by atoms with E-state index in [1.807, 2.05) is 36.9 Å². The molecule has 1 saturated heterocycles. The molecule has 0 aliphatic carbocycles. The van der Waals surface area contributed by atoms with Gasteiger partial charge in [-0.25, -0.2) is 0 Å². The van der Waals surface area contributed by atoms with Gasteiger partial charge in [-0.2, -0.15) is 0 Å². The summed E-state index contributed by atoms with van der Waals surface area (Å²) < 4.78 is 0. The lowest BCUT2D eigenvalue weighted by atomic mass is 10.1. The van der Waals surface area contributed by atoms with Gasteiger partial charge in [0, 0.05) is 30.5 Å². The highest BCUT2D eigenvalue weighted by Gasteiger charge is 2.19. The maximum absolute atomic E-state index is 12.6. The minimum Gasteiger partial charge on any atom is -0.339 e. The lowest BCUT2D eigenvalue weighted by molar-refractivity contribution is 0.0724. The maximum atomic E-state index is 12.6. The SMILES string of the molecule is Cc1cc(C)cc(NC(=O)c2cc(C(=O)N3CCCCC3)ccn2)c1. The maximum Gasteiger partial charge on any atom is 0.274 e. The molecule has 1 fully saturated rings. The number of aromatic nitrogens is 1. The summed E-state index contributed by atoms with van der Waals surface area (Å²) in [5, 5.41) is 2.86. The average molecular weight is 337 g/mol. The van der Waals surface area contributed by atoms with E-state index < -0.39 is 0 Å². The summed E-state index contributed by atoms with van der Waals surface area (Å²) in [6, 6.07) is 9.12. The van der Waals surface area contributed by atoms with Crippen LogP contribution in [0.4, 0.5) is 5.69 Å². The largest absolute Gasteiger partial charge is 0.339 e. The molecule has 2 amide bonds. The first-order chi connectivity index (χ1) is 12.0. The monoisotopic (exact) mass is 337 g/mol. The average Bonchev–Trinajstić information content (AvgIpc) is 2.61. The van der Waals surface area contributed by atoms with E-state index >= 15 is 0 Å². The number of benzene rings is 1. The zero-order valence-electron chi connectivity index (χ0n) is 14.7. The molecule has 1 aromatic carbocycles. The number of nitrogens with zero attached hydrogens (tertiary/aromatic N) is 2. The highest BCUT2D eigenvalue weighted by Crippen LogP contribution is 2.16. The minimum atomic E-state index is -0.307. The molecule has 2 heterocycles. The van der Waals surface area contributed by atoms with E-state index in [-0.39, 0.29) is 17.5 Å². The van der Waals surface area contributed by atoms with Crippen molar-refractivity contribution in [2.75, 3.05) is 18.4 Å². The fourth-order valence-electron chi connectivity index (χ4n) is 3.21. The summed E-state index contributed by atoms with van der Waals surface area (Å²) in [4.78, 5) is 31.1. The van der Waals surface area contributed by atoms with Gasteiger partial charge in [0.1, 0.15) is 5.69 Å². The molecule has 3 rings (SSSR count). The van der Waals surface area contributed by atoms with Gasteiger partial charge in [-0.1, -0.05) is 6.07 Å². The second kappa shape index (κ2) is 7.47. The number of hydrogen-bond donors (Lipinski definition) is 1. The molecule has 1 aromatic heterocycles. The Kier molecular flexibility index (Phi) is 5.12. The molecule has 5 heteroatoms. The van der Waals surface area contributed by atoms with E-state index in [1.54, 1.807) is 12.1 Å². The van der Waals surface area contributed by atoms with Crippen molar-refractivity contribution in [3.63, 3.8) is 0 Å². The van der Waals surface area contributed by atoms with Gasteiger partial charge in [0.05, 0.1) is 0 Å². The quantitative estimate of drug-likeness (QED) is 0.931. The van der Waals surface area contributed by atoms with Gasteiger partial charge in [-0.3, -0.25) is 14.6 Å². The van der Waals surface area contributed by atoms with Crippen LogP contribution in [0.15, 0.2) is 36.5 Å². The van der Waals surface area contributed by atoms with Crippen LogP contribution in [0.25, 0.3) is 0 Å². The van der Waals surface area contributed by atoms with E-state index in [4.69, 9.17) is 0 Å². The van der Waals surface area contributed by atoms with Gasteiger partial charge >= 0.3 is 0 Å². The van der Waals surface area contributed by atoms with Crippen LogP contribution in [-0.2, 0) is 0 Å². The minimum absolute atomic E-state index is 0.0254. The van der Waals surface area contributed by atoms with Crippen LogP contribution in [0.3, 0.4) is 0 Å².